The molecule has 0 radical (unpaired) electrons. The molecule has 0 bridgehead atoms. The third-order valence-electron chi connectivity index (χ3n) is 8.42. The van der Waals surface area contributed by atoms with Crippen molar-refractivity contribution in [3.8, 4) is 33.6 Å². The standard InChI is InChI=1S/C37H26N2/c1-37(2)31-15-9-8-14-28(31)29-20-18-24-16-17-26(22-30(24)33(29)37)35-34(25-11-4-3-5-12-25)38-32-21-19-23-10-6-7-13-27(23)36(32)39-35/h3-22H,1-2H3. The van der Waals surface area contributed by atoms with E-state index in [1.807, 2.05) is 6.07 Å². The lowest BCUT2D eigenvalue weighted by Gasteiger charge is -2.23. The lowest BCUT2D eigenvalue weighted by molar-refractivity contribution is 0.666. The Kier molecular flexibility index (Phi) is 4.60. The molecular weight excluding hydrogens is 472 g/mol. The summed E-state index contributed by atoms with van der Waals surface area (Å²) in [6.07, 6.45) is 0. The molecule has 2 heteroatoms. The molecule has 8 rings (SSSR count). The van der Waals surface area contributed by atoms with Crippen LogP contribution in [0.4, 0.5) is 0 Å². The predicted molar refractivity (Wildman–Crippen MR) is 163 cm³/mol. The Hall–Kier alpha value is -4.82. The number of fused-ring (bicyclic) bond motifs is 8. The van der Waals surface area contributed by atoms with Crippen molar-refractivity contribution in [1.29, 1.82) is 0 Å². The Morgan fingerprint density at radius 1 is 0.513 bits per heavy atom. The van der Waals surface area contributed by atoms with Crippen LogP contribution in [0.5, 0.6) is 0 Å². The lowest BCUT2D eigenvalue weighted by atomic mass is 9.80. The van der Waals surface area contributed by atoms with Crippen LogP contribution in [0, 0.1) is 0 Å². The molecule has 2 nitrogen and oxygen atoms in total. The molecule has 0 spiro atoms. The van der Waals surface area contributed by atoms with Crippen LogP contribution in [0.25, 0.3) is 66.2 Å². The average molecular weight is 499 g/mol. The fourth-order valence-electron chi connectivity index (χ4n) is 6.55. The van der Waals surface area contributed by atoms with E-state index in [2.05, 4.69) is 129 Å². The fourth-order valence-corrected chi connectivity index (χ4v) is 6.55. The number of aromatic nitrogens is 2. The number of hydrogen-bond donors (Lipinski definition) is 0. The highest BCUT2D eigenvalue weighted by molar-refractivity contribution is 6.06. The molecule has 6 aromatic carbocycles. The van der Waals surface area contributed by atoms with Gasteiger partial charge in [-0.3, -0.25) is 0 Å². The SMILES string of the molecule is CC1(C)c2ccccc2-c2ccc3ccc(-c4nc5c(ccc6ccccc65)nc4-c4ccccc4)cc3c21. The van der Waals surface area contributed by atoms with Crippen molar-refractivity contribution >= 4 is 32.6 Å². The van der Waals surface area contributed by atoms with Gasteiger partial charge in [-0.15, -0.1) is 0 Å². The second-order valence-corrected chi connectivity index (χ2v) is 11.0. The molecule has 0 atom stereocenters. The van der Waals surface area contributed by atoms with Crippen molar-refractivity contribution in [2.75, 3.05) is 0 Å². The molecule has 1 aliphatic rings. The number of rotatable bonds is 2. The van der Waals surface area contributed by atoms with E-state index < -0.39 is 0 Å². The van der Waals surface area contributed by atoms with Gasteiger partial charge in [0.2, 0.25) is 0 Å². The number of nitrogens with zero attached hydrogens (tertiary/aromatic N) is 2. The van der Waals surface area contributed by atoms with Crippen molar-refractivity contribution in [2.24, 2.45) is 0 Å². The summed E-state index contributed by atoms with van der Waals surface area (Å²) < 4.78 is 0. The molecule has 1 heterocycles. The second-order valence-electron chi connectivity index (χ2n) is 11.0. The van der Waals surface area contributed by atoms with Gasteiger partial charge in [-0.25, -0.2) is 9.97 Å². The van der Waals surface area contributed by atoms with Gasteiger partial charge in [0.05, 0.1) is 22.4 Å². The normalized spacial score (nSPS) is 13.6. The monoisotopic (exact) mass is 498 g/mol. The Balaban J connectivity index is 1.44. The minimum absolute atomic E-state index is 0.0857. The quantitative estimate of drug-likeness (QED) is 0.222. The highest BCUT2D eigenvalue weighted by Gasteiger charge is 2.36. The summed E-state index contributed by atoms with van der Waals surface area (Å²) in [7, 11) is 0. The van der Waals surface area contributed by atoms with E-state index in [1.54, 1.807) is 0 Å². The Morgan fingerprint density at radius 3 is 2.10 bits per heavy atom. The fraction of sp³-hybridized carbons (Fsp3) is 0.0811. The Morgan fingerprint density at radius 2 is 1.21 bits per heavy atom. The van der Waals surface area contributed by atoms with Crippen LogP contribution in [0.2, 0.25) is 0 Å². The zero-order valence-corrected chi connectivity index (χ0v) is 21.9. The van der Waals surface area contributed by atoms with E-state index in [4.69, 9.17) is 9.97 Å². The summed E-state index contributed by atoms with van der Waals surface area (Å²) in [6, 6.07) is 43.3. The van der Waals surface area contributed by atoms with Crippen LogP contribution in [-0.4, -0.2) is 9.97 Å². The molecule has 39 heavy (non-hydrogen) atoms. The molecule has 0 unspecified atom stereocenters. The van der Waals surface area contributed by atoms with Crippen LogP contribution in [0.1, 0.15) is 25.0 Å². The van der Waals surface area contributed by atoms with E-state index >= 15 is 0 Å². The number of benzene rings is 6. The lowest BCUT2D eigenvalue weighted by Crippen LogP contribution is -2.15. The highest BCUT2D eigenvalue weighted by atomic mass is 14.8. The van der Waals surface area contributed by atoms with E-state index in [1.165, 1.54) is 38.4 Å². The van der Waals surface area contributed by atoms with Crippen molar-refractivity contribution < 1.29 is 0 Å². The number of hydrogen-bond acceptors (Lipinski definition) is 2. The van der Waals surface area contributed by atoms with Gasteiger partial charge in [0.1, 0.15) is 0 Å². The first-order chi connectivity index (χ1) is 19.1. The topological polar surface area (TPSA) is 25.8 Å². The summed E-state index contributed by atoms with van der Waals surface area (Å²) in [5.41, 5.74) is 11.2. The zero-order valence-electron chi connectivity index (χ0n) is 21.9. The molecule has 1 aliphatic carbocycles. The van der Waals surface area contributed by atoms with Crippen LogP contribution < -0.4 is 0 Å². The summed E-state index contributed by atoms with van der Waals surface area (Å²) >= 11 is 0. The van der Waals surface area contributed by atoms with E-state index in [0.29, 0.717) is 0 Å². The molecule has 184 valence electrons. The largest absolute Gasteiger partial charge is 0.244 e. The average Bonchev–Trinajstić information content (AvgIpc) is 3.23. The first-order valence-corrected chi connectivity index (χ1v) is 13.5. The molecule has 0 fully saturated rings. The van der Waals surface area contributed by atoms with Gasteiger partial charge in [-0.05, 0) is 50.5 Å². The molecule has 1 aromatic heterocycles. The Labute approximate surface area is 227 Å². The third-order valence-corrected chi connectivity index (χ3v) is 8.42. The van der Waals surface area contributed by atoms with Crippen molar-refractivity contribution in [2.45, 2.75) is 19.3 Å². The van der Waals surface area contributed by atoms with Crippen LogP contribution in [-0.2, 0) is 5.41 Å². The van der Waals surface area contributed by atoms with E-state index in [-0.39, 0.29) is 5.41 Å². The van der Waals surface area contributed by atoms with Crippen molar-refractivity contribution in [3.05, 3.63) is 132 Å². The second kappa shape index (κ2) is 8.09. The molecule has 0 amide bonds. The van der Waals surface area contributed by atoms with Gasteiger partial charge in [-0.1, -0.05) is 123 Å². The Bertz CT molecular complexity index is 2090. The zero-order chi connectivity index (χ0) is 26.1. The maximum atomic E-state index is 5.36. The maximum absolute atomic E-state index is 5.36. The summed E-state index contributed by atoms with van der Waals surface area (Å²) in [6.45, 7) is 4.70. The molecular formula is C37H26N2. The van der Waals surface area contributed by atoms with Gasteiger partial charge in [0.25, 0.3) is 0 Å². The van der Waals surface area contributed by atoms with E-state index in [9.17, 15) is 0 Å². The van der Waals surface area contributed by atoms with Crippen LogP contribution in [0.3, 0.4) is 0 Å². The van der Waals surface area contributed by atoms with Crippen LogP contribution in [0.15, 0.2) is 121 Å². The summed E-state index contributed by atoms with van der Waals surface area (Å²) in [5.74, 6) is 0. The van der Waals surface area contributed by atoms with Gasteiger partial charge in [0.15, 0.2) is 0 Å². The maximum Gasteiger partial charge on any atom is 0.0973 e. The predicted octanol–water partition coefficient (Wildman–Crippen LogP) is 9.58. The van der Waals surface area contributed by atoms with Crippen molar-refractivity contribution in [3.63, 3.8) is 0 Å². The first kappa shape index (κ1) is 22.2. The smallest absolute Gasteiger partial charge is 0.0973 e. The van der Waals surface area contributed by atoms with Gasteiger partial charge >= 0.3 is 0 Å². The minimum Gasteiger partial charge on any atom is -0.244 e. The molecule has 7 aromatic rings. The first-order valence-electron chi connectivity index (χ1n) is 13.5. The van der Waals surface area contributed by atoms with Gasteiger partial charge < -0.3 is 0 Å². The highest BCUT2D eigenvalue weighted by Crippen LogP contribution is 2.51. The van der Waals surface area contributed by atoms with Gasteiger partial charge in [-0.2, -0.15) is 0 Å². The molecule has 0 aliphatic heterocycles. The van der Waals surface area contributed by atoms with E-state index in [0.717, 1.165) is 38.9 Å². The third kappa shape index (κ3) is 3.21. The summed E-state index contributed by atoms with van der Waals surface area (Å²) in [5, 5.41) is 4.83. The molecule has 0 saturated carbocycles. The van der Waals surface area contributed by atoms with Crippen LogP contribution >= 0.6 is 0 Å². The minimum atomic E-state index is -0.0857. The summed E-state index contributed by atoms with van der Waals surface area (Å²) in [4.78, 5) is 10.6. The van der Waals surface area contributed by atoms with Crippen molar-refractivity contribution in [1.82, 2.24) is 9.97 Å². The van der Waals surface area contributed by atoms with Gasteiger partial charge in [0, 0.05) is 21.9 Å². The molecule has 0 N–H and O–H groups in total. The molecule has 0 saturated heterocycles.